The number of oxime groups is 1. The molecular formula is C6H8N4O2. The maximum Gasteiger partial charge on any atom is 0.266 e. The molecule has 3 N–H and O–H groups in total. The molecule has 0 amide bonds. The van der Waals surface area contributed by atoms with E-state index in [1.165, 1.54) is 19.2 Å². The number of hydrogen-bond acceptors (Lipinski definition) is 4. The molecular weight excluding hydrogens is 160 g/mol. The number of aryl methyl sites for hydroxylation is 1. The van der Waals surface area contributed by atoms with Crippen molar-refractivity contribution in [2.45, 2.75) is 0 Å². The van der Waals surface area contributed by atoms with Crippen LogP contribution in [-0.2, 0) is 7.05 Å². The fraction of sp³-hybridized carbons (Fsp3) is 0.167. The molecule has 1 aromatic heterocycles. The van der Waals surface area contributed by atoms with Crippen LogP contribution in [0.4, 0.5) is 0 Å². The van der Waals surface area contributed by atoms with Gasteiger partial charge in [0.15, 0.2) is 5.84 Å². The predicted octanol–water partition coefficient (Wildman–Crippen LogP) is -1.13. The molecule has 0 aliphatic rings. The largest absolute Gasteiger partial charge is 0.409 e. The lowest BCUT2D eigenvalue weighted by molar-refractivity contribution is 0.318. The van der Waals surface area contributed by atoms with Crippen molar-refractivity contribution in [3.8, 4) is 0 Å². The number of hydrogen-bond donors (Lipinski definition) is 2. The summed E-state index contributed by atoms with van der Waals surface area (Å²) >= 11 is 0. The zero-order chi connectivity index (χ0) is 9.14. The lowest BCUT2D eigenvalue weighted by Gasteiger charge is -1.98. The molecule has 0 atom stereocenters. The molecule has 12 heavy (non-hydrogen) atoms. The molecule has 0 aliphatic heterocycles. The van der Waals surface area contributed by atoms with Gasteiger partial charge >= 0.3 is 0 Å². The third-order valence-corrected chi connectivity index (χ3v) is 1.33. The van der Waals surface area contributed by atoms with Gasteiger partial charge in [-0.1, -0.05) is 5.16 Å². The van der Waals surface area contributed by atoms with E-state index in [2.05, 4.69) is 10.3 Å². The van der Waals surface area contributed by atoms with Gasteiger partial charge in [0.2, 0.25) is 0 Å². The summed E-state index contributed by atoms with van der Waals surface area (Å²) in [6.07, 6.45) is 0. The maximum absolute atomic E-state index is 10.8. The molecule has 1 aromatic rings. The second kappa shape index (κ2) is 3.04. The smallest absolute Gasteiger partial charge is 0.266 e. The summed E-state index contributed by atoms with van der Waals surface area (Å²) in [5.41, 5.74) is 5.25. The van der Waals surface area contributed by atoms with E-state index in [1.807, 2.05) is 0 Å². The van der Waals surface area contributed by atoms with Gasteiger partial charge < -0.3 is 10.9 Å². The Morgan fingerprint density at radius 3 is 2.92 bits per heavy atom. The van der Waals surface area contributed by atoms with Crippen molar-refractivity contribution in [3.63, 3.8) is 0 Å². The Labute approximate surface area is 67.9 Å². The van der Waals surface area contributed by atoms with Crippen LogP contribution in [0.25, 0.3) is 0 Å². The summed E-state index contributed by atoms with van der Waals surface area (Å²) in [6, 6.07) is 2.68. The van der Waals surface area contributed by atoms with E-state index in [1.54, 1.807) is 0 Å². The van der Waals surface area contributed by atoms with E-state index in [4.69, 9.17) is 10.9 Å². The van der Waals surface area contributed by atoms with Crippen LogP contribution >= 0.6 is 0 Å². The summed E-state index contributed by atoms with van der Waals surface area (Å²) in [6.45, 7) is 0. The van der Waals surface area contributed by atoms with E-state index >= 15 is 0 Å². The van der Waals surface area contributed by atoms with Crippen LogP contribution in [0, 0.1) is 0 Å². The molecule has 64 valence electrons. The van der Waals surface area contributed by atoms with Crippen molar-refractivity contribution in [1.82, 2.24) is 9.78 Å². The van der Waals surface area contributed by atoms with Crippen molar-refractivity contribution in [1.29, 1.82) is 0 Å². The van der Waals surface area contributed by atoms with Crippen molar-refractivity contribution < 1.29 is 5.21 Å². The molecule has 0 aromatic carbocycles. The van der Waals surface area contributed by atoms with Gasteiger partial charge in [-0.2, -0.15) is 5.10 Å². The Morgan fingerprint density at radius 1 is 1.75 bits per heavy atom. The minimum Gasteiger partial charge on any atom is -0.409 e. The molecule has 0 bridgehead atoms. The van der Waals surface area contributed by atoms with Crippen LogP contribution in [-0.4, -0.2) is 20.8 Å². The summed E-state index contributed by atoms with van der Waals surface area (Å²) < 4.78 is 1.10. The highest BCUT2D eigenvalue weighted by atomic mass is 16.4. The van der Waals surface area contributed by atoms with Crippen molar-refractivity contribution in [2.24, 2.45) is 17.9 Å². The van der Waals surface area contributed by atoms with Crippen molar-refractivity contribution >= 4 is 5.84 Å². The summed E-state index contributed by atoms with van der Waals surface area (Å²) in [5.74, 6) is -0.120. The van der Waals surface area contributed by atoms with Gasteiger partial charge in [-0.05, 0) is 6.07 Å². The van der Waals surface area contributed by atoms with Crippen LogP contribution in [0.5, 0.6) is 0 Å². The number of nitrogens with zero attached hydrogens (tertiary/aromatic N) is 3. The average molecular weight is 168 g/mol. The van der Waals surface area contributed by atoms with Gasteiger partial charge in [0, 0.05) is 13.1 Å². The van der Waals surface area contributed by atoms with Gasteiger partial charge in [-0.3, -0.25) is 4.79 Å². The highest BCUT2D eigenvalue weighted by Gasteiger charge is 2.01. The molecule has 6 heteroatoms. The van der Waals surface area contributed by atoms with E-state index in [0.717, 1.165) is 4.68 Å². The monoisotopic (exact) mass is 168 g/mol. The van der Waals surface area contributed by atoms with Crippen molar-refractivity contribution in [2.75, 3.05) is 0 Å². The Kier molecular flexibility index (Phi) is 2.09. The molecule has 0 saturated carbocycles. The van der Waals surface area contributed by atoms with Crippen LogP contribution in [0.15, 0.2) is 22.1 Å². The van der Waals surface area contributed by atoms with E-state index in [0.29, 0.717) is 0 Å². The molecule has 0 aliphatic carbocycles. The lowest BCUT2D eigenvalue weighted by Crippen LogP contribution is -2.24. The summed E-state index contributed by atoms with van der Waals surface area (Å²) in [5, 5.41) is 14.8. The topological polar surface area (TPSA) is 93.5 Å². The number of rotatable bonds is 1. The molecule has 0 unspecified atom stereocenters. The molecule has 0 radical (unpaired) electrons. The SMILES string of the molecule is Cn1nc(C(N)=NO)ccc1=O. The summed E-state index contributed by atoms with van der Waals surface area (Å²) in [7, 11) is 1.48. The van der Waals surface area contributed by atoms with Gasteiger partial charge in [0.05, 0.1) is 0 Å². The minimum atomic E-state index is -0.246. The third kappa shape index (κ3) is 1.42. The van der Waals surface area contributed by atoms with Crippen LogP contribution < -0.4 is 11.3 Å². The fourth-order valence-corrected chi connectivity index (χ4v) is 0.690. The third-order valence-electron chi connectivity index (χ3n) is 1.33. The highest BCUT2D eigenvalue weighted by molar-refractivity contribution is 5.94. The molecule has 6 nitrogen and oxygen atoms in total. The van der Waals surface area contributed by atoms with Gasteiger partial charge in [0.25, 0.3) is 5.56 Å². The van der Waals surface area contributed by atoms with Crippen LogP contribution in [0.3, 0.4) is 0 Å². The molecule has 0 spiro atoms. The Bertz CT molecular complexity index is 368. The normalized spacial score (nSPS) is 11.6. The maximum atomic E-state index is 10.8. The first kappa shape index (κ1) is 8.25. The lowest BCUT2D eigenvalue weighted by atomic mass is 10.4. The molecule has 0 fully saturated rings. The zero-order valence-electron chi connectivity index (χ0n) is 6.43. The average Bonchev–Trinajstić information content (AvgIpc) is 2.08. The second-order valence-electron chi connectivity index (χ2n) is 2.17. The Hall–Kier alpha value is -1.85. The summed E-state index contributed by atoms with van der Waals surface area (Å²) in [4.78, 5) is 10.8. The Morgan fingerprint density at radius 2 is 2.42 bits per heavy atom. The fourth-order valence-electron chi connectivity index (χ4n) is 0.690. The molecule has 1 rings (SSSR count). The van der Waals surface area contributed by atoms with E-state index in [-0.39, 0.29) is 17.1 Å². The standard InChI is InChI=1S/C6H8N4O2/c1-10-5(11)3-2-4(8-10)6(7)9-12/h2-3,12H,1H3,(H2,7,9). The highest BCUT2D eigenvalue weighted by Crippen LogP contribution is 1.87. The molecule has 0 saturated heterocycles. The van der Waals surface area contributed by atoms with Crippen LogP contribution in [0.2, 0.25) is 0 Å². The molecule has 1 heterocycles. The van der Waals surface area contributed by atoms with Gasteiger partial charge in [-0.15, -0.1) is 0 Å². The quantitative estimate of drug-likeness (QED) is 0.240. The second-order valence-corrected chi connectivity index (χ2v) is 2.17. The first-order valence-electron chi connectivity index (χ1n) is 3.17. The van der Waals surface area contributed by atoms with E-state index in [9.17, 15) is 4.79 Å². The number of aromatic nitrogens is 2. The van der Waals surface area contributed by atoms with Crippen LogP contribution in [0.1, 0.15) is 5.69 Å². The Balaban J connectivity index is 3.22. The van der Waals surface area contributed by atoms with Gasteiger partial charge in [0.1, 0.15) is 5.69 Å². The first-order chi connectivity index (χ1) is 5.65. The number of amidine groups is 1. The first-order valence-corrected chi connectivity index (χ1v) is 3.17. The van der Waals surface area contributed by atoms with E-state index < -0.39 is 0 Å². The predicted molar refractivity (Wildman–Crippen MR) is 42.0 cm³/mol. The zero-order valence-corrected chi connectivity index (χ0v) is 6.43. The minimum absolute atomic E-state index is 0.120. The van der Waals surface area contributed by atoms with Gasteiger partial charge in [-0.25, -0.2) is 4.68 Å². The van der Waals surface area contributed by atoms with Crippen molar-refractivity contribution in [3.05, 3.63) is 28.2 Å². The number of nitrogens with two attached hydrogens (primary N) is 1.